The Balaban J connectivity index is 2.13. The minimum Gasteiger partial charge on any atom is -0.493 e. The number of nitrogens with one attached hydrogen (secondary N) is 1. The summed E-state index contributed by atoms with van der Waals surface area (Å²) in [5.41, 5.74) is 6.93. The number of aryl methyl sites for hydroxylation is 1. The van der Waals surface area contributed by atoms with Crippen LogP contribution in [0.15, 0.2) is 27.7 Å². The summed E-state index contributed by atoms with van der Waals surface area (Å²) in [5.74, 6) is 1.42. The molecule has 11 nitrogen and oxygen atoms in total. The van der Waals surface area contributed by atoms with Crippen LogP contribution in [-0.4, -0.2) is 42.6 Å². The minimum atomic E-state index is -0.637. The number of nitrogen functional groups attached to an aromatic ring is 1. The lowest BCUT2D eigenvalue weighted by Gasteiger charge is -2.18. The number of nitrogens with two attached hydrogens (primary N) is 1. The number of pyridine rings is 1. The molecule has 0 aliphatic rings. The summed E-state index contributed by atoms with van der Waals surface area (Å²) in [4.78, 5) is 17.2. The van der Waals surface area contributed by atoms with Crippen molar-refractivity contribution in [2.75, 3.05) is 32.4 Å². The van der Waals surface area contributed by atoms with Crippen molar-refractivity contribution in [3.05, 3.63) is 35.1 Å². The van der Waals surface area contributed by atoms with Crippen molar-refractivity contribution >= 4 is 29.3 Å². The lowest BCUT2D eigenvalue weighted by atomic mass is 9.96. The molecule has 0 radical (unpaired) electrons. The second-order valence-electron chi connectivity index (χ2n) is 7.39. The summed E-state index contributed by atoms with van der Waals surface area (Å²) in [7, 11) is 4.39. The zero-order valence-electron chi connectivity index (χ0n) is 20.3. The van der Waals surface area contributed by atoms with Crippen molar-refractivity contribution in [2.24, 2.45) is 0 Å². The number of carbonyl (C=O) groups is 1. The van der Waals surface area contributed by atoms with E-state index in [2.05, 4.69) is 21.5 Å². The van der Waals surface area contributed by atoms with Crippen molar-refractivity contribution in [3.63, 3.8) is 0 Å². The van der Waals surface area contributed by atoms with Gasteiger partial charge in [-0.3, -0.25) is 4.79 Å². The van der Waals surface area contributed by atoms with Gasteiger partial charge in [0.05, 0.1) is 32.1 Å². The van der Waals surface area contributed by atoms with E-state index in [1.165, 1.54) is 21.3 Å². The monoisotopic (exact) mass is 508 g/mol. The first-order chi connectivity index (χ1) is 17.3. The number of methoxy groups -OCH3 is 3. The predicted octanol–water partition coefficient (Wildman–Crippen LogP) is 3.91. The number of nitrogens with zero attached hydrogens (tertiary/aromatic N) is 4. The molecule has 0 aliphatic carbocycles. The van der Waals surface area contributed by atoms with Crippen LogP contribution in [0.1, 0.15) is 30.2 Å². The Labute approximate surface area is 212 Å². The standard InChI is InChI=1S/C24H24N6O5S/c1-6-18(23(31)28-19-7-12(2)35-30-19)36-24-15(11-26)20(14(10-25)22(27)29-24)13-8-16(32-3)21(34-5)17(9-13)33-4/h7-9,18H,6H2,1-5H3,(H2,27,29)(H,28,30,31). The van der Waals surface area contributed by atoms with E-state index in [0.717, 1.165) is 11.8 Å². The van der Waals surface area contributed by atoms with Crippen LogP contribution in [0.2, 0.25) is 0 Å². The van der Waals surface area contributed by atoms with Crippen LogP contribution in [0.25, 0.3) is 11.1 Å². The number of ether oxygens (including phenoxy) is 3. The third-order valence-electron chi connectivity index (χ3n) is 5.17. The number of hydrogen-bond acceptors (Lipinski definition) is 11. The minimum absolute atomic E-state index is 0.0146. The number of thioether (sulfide) groups is 1. The molecular weight excluding hydrogens is 484 g/mol. The molecule has 12 heteroatoms. The van der Waals surface area contributed by atoms with Gasteiger partial charge in [0.15, 0.2) is 17.3 Å². The van der Waals surface area contributed by atoms with Gasteiger partial charge in [-0.25, -0.2) is 4.98 Å². The Bertz CT molecular complexity index is 1350. The fourth-order valence-electron chi connectivity index (χ4n) is 3.49. The van der Waals surface area contributed by atoms with Gasteiger partial charge in [0.2, 0.25) is 11.7 Å². The van der Waals surface area contributed by atoms with Gasteiger partial charge in [-0.05, 0) is 31.0 Å². The second-order valence-corrected chi connectivity index (χ2v) is 8.58. The van der Waals surface area contributed by atoms with Crippen LogP contribution in [0.4, 0.5) is 11.6 Å². The van der Waals surface area contributed by atoms with Gasteiger partial charge in [-0.1, -0.05) is 23.8 Å². The fraction of sp³-hybridized carbons (Fsp3) is 0.292. The molecule has 3 N–H and O–H groups in total. The molecule has 0 aliphatic heterocycles. The number of carbonyl (C=O) groups excluding carboxylic acids is 1. The van der Waals surface area contributed by atoms with Crippen molar-refractivity contribution in [1.29, 1.82) is 10.5 Å². The summed E-state index contributed by atoms with van der Waals surface area (Å²) < 4.78 is 21.2. The number of amides is 1. The number of anilines is 2. The number of hydrogen-bond donors (Lipinski definition) is 2. The predicted molar refractivity (Wildman–Crippen MR) is 133 cm³/mol. The molecule has 0 spiro atoms. The number of benzene rings is 1. The lowest BCUT2D eigenvalue weighted by molar-refractivity contribution is -0.115. The Morgan fingerprint density at radius 3 is 2.25 bits per heavy atom. The van der Waals surface area contributed by atoms with E-state index in [1.807, 2.05) is 13.0 Å². The average Bonchev–Trinajstić information content (AvgIpc) is 3.29. The van der Waals surface area contributed by atoms with Crippen molar-refractivity contribution in [1.82, 2.24) is 10.1 Å². The van der Waals surface area contributed by atoms with E-state index < -0.39 is 5.25 Å². The Hall–Kier alpha value is -4.42. The van der Waals surface area contributed by atoms with Gasteiger partial charge in [0, 0.05) is 11.6 Å². The molecule has 2 heterocycles. The highest BCUT2D eigenvalue weighted by Gasteiger charge is 2.27. The molecule has 0 saturated carbocycles. The van der Waals surface area contributed by atoms with Crippen molar-refractivity contribution < 1.29 is 23.5 Å². The summed E-state index contributed by atoms with van der Waals surface area (Å²) in [6, 6.07) is 8.98. The zero-order chi connectivity index (χ0) is 26.4. The van der Waals surface area contributed by atoms with Crippen molar-refractivity contribution in [3.8, 4) is 40.5 Å². The Morgan fingerprint density at radius 1 is 1.14 bits per heavy atom. The number of rotatable bonds is 9. The van der Waals surface area contributed by atoms with Crippen LogP contribution in [0, 0.1) is 29.6 Å². The normalized spacial score (nSPS) is 11.2. The van der Waals surface area contributed by atoms with Crippen LogP contribution in [0.5, 0.6) is 17.2 Å². The molecular formula is C24H24N6O5S. The zero-order valence-corrected chi connectivity index (χ0v) is 21.1. The Morgan fingerprint density at radius 2 is 1.78 bits per heavy atom. The van der Waals surface area contributed by atoms with Crippen LogP contribution in [0.3, 0.4) is 0 Å². The van der Waals surface area contributed by atoms with E-state index in [0.29, 0.717) is 35.0 Å². The molecule has 1 amide bonds. The van der Waals surface area contributed by atoms with E-state index in [9.17, 15) is 15.3 Å². The Kier molecular flexibility index (Phi) is 8.25. The number of nitriles is 2. The van der Waals surface area contributed by atoms with E-state index in [4.69, 9.17) is 24.5 Å². The summed E-state index contributed by atoms with van der Waals surface area (Å²) in [6.45, 7) is 3.53. The summed E-state index contributed by atoms with van der Waals surface area (Å²) >= 11 is 1.06. The smallest absolute Gasteiger partial charge is 0.239 e. The molecule has 1 atom stereocenters. The van der Waals surface area contributed by atoms with Gasteiger partial charge in [0.25, 0.3) is 0 Å². The maximum Gasteiger partial charge on any atom is 0.239 e. The SMILES string of the molecule is CCC(Sc1nc(N)c(C#N)c(-c2cc(OC)c(OC)c(OC)c2)c1C#N)C(=O)Nc1cc(C)on1. The molecule has 3 aromatic rings. The quantitative estimate of drug-likeness (QED) is 0.402. The number of aromatic nitrogens is 2. The first-order valence-electron chi connectivity index (χ1n) is 10.7. The molecule has 3 rings (SSSR count). The molecule has 36 heavy (non-hydrogen) atoms. The summed E-state index contributed by atoms with van der Waals surface area (Å²) in [5, 5.41) is 26.0. The molecule has 186 valence electrons. The highest BCUT2D eigenvalue weighted by molar-refractivity contribution is 8.00. The first kappa shape index (κ1) is 26.2. The topological polar surface area (TPSA) is 169 Å². The molecule has 0 saturated heterocycles. The van der Waals surface area contributed by atoms with E-state index in [-0.39, 0.29) is 39.3 Å². The van der Waals surface area contributed by atoms with Crippen LogP contribution in [-0.2, 0) is 4.79 Å². The van der Waals surface area contributed by atoms with Crippen LogP contribution < -0.4 is 25.3 Å². The van der Waals surface area contributed by atoms with Gasteiger partial charge in [-0.2, -0.15) is 10.5 Å². The molecule has 2 aromatic heterocycles. The first-order valence-corrected chi connectivity index (χ1v) is 11.5. The van der Waals surface area contributed by atoms with Gasteiger partial charge < -0.3 is 29.8 Å². The van der Waals surface area contributed by atoms with Gasteiger partial charge in [0.1, 0.15) is 34.3 Å². The molecule has 0 fully saturated rings. The molecule has 0 bridgehead atoms. The largest absolute Gasteiger partial charge is 0.493 e. The third-order valence-corrected chi connectivity index (χ3v) is 6.52. The van der Waals surface area contributed by atoms with Gasteiger partial charge >= 0.3 is 0 Å². The van der Waals surface area contributed by atoms with E-state index in [1.54, 1.807) is 25.1 Å². The highest BCUT2D eigenvalue weighted by atomic mass is 32.2. The average molecular weight is 509 g/mol. The molecule has 1 unspecified atom stereocenters. The lowest BCUT2D eigenvalue weighted by Crippen LogP contribution is -2.25. The second kappa shape index (κ2) is 11.3. The van der Waals surface area contributed by atoms with Crippen molar-refractivity contribution in [2.45, 2.75) is 30.5 Å². The van der Waals surface area contributed by atoms with Crippen LogP contribution >= 0.6 is 11.8 Å². The maximum absolute atomic E-state index is 12.9. The maximum atomic E-state index is 12.9. The third kappa shape index (κ3) is 5.14. The fourth-order valence-corrected chi connectivity index (χ4v) is 4.51. The highest BCUT2D eigenvalue weighted by Crippen LogP contribution is 2.44. The van der Waals surface area contributed by atoms with E-state index >= 15 is 0 Å². The molecule has 1 aromatic carbocycles. The summed E-state index contributed by atoms with van der Waals surface area (Å²) in [6.07, 6.45) is 0.416. The van der Waals surface area contributed by atoms with Gasteiger partial charge in [-0.15, -0.1) is 0 Å².